The predicted octanol–water partition coefficient (Wildman–Crippen LogP) is 24.1. The Bertz CT molecular complexity index is 4650. The van der Waals surface area contributed by atoms with Crippen LogP contribution in [0.1, 0.15) is 166 Å². The van der Waals surface area contributed by atoms with Crippen molar-refractivity contribution in [3.05, 3.63) is 238 Å². The van der Waals surface area contributed by atoms with Gasteiger partial charge in [0.25, 0.3) is 0 Å². The van der Waals surface area contributed by atoms with Gasteiger partial charge in [0, 0.05) is 37.8 Å². The molecule has 6 aromatic heterocycles. The first-order chi connectivity index (χ1) is 49.3. The fourth-order valence-electron chi connectivity index (χ4n) is 14.5. The van der Waals surface area contributed by atoms with Crippen LogP contribution in [0, 0.1) is 5.92 Å². The van der Waals surface area contributed by atoms with Gasteiger partial charge in [-0.05, 0) is 247 Å². The van der Waals surface area contributed by atoms with Crippen molar-refractivity contribution in [2.24, 2.45) is 5.92 Å². The molecular formula is C78H72Br3Cl6N9O3S3. The maximum Gasteiger partial charge on any atom is 0.229 e. The van der Waals surface area contributed by atoms with Crippen molar-refractivity contribution in [1.82, 2.24) is 45.3 Å². The van der Waals surface area contributed by atoms with Crippen LogP contribution in [-0.2, 0) is 33.6 Å². The Kier molecular flexibility index (Phi) is 24.5. The molecule has 102 heavy (non-hydrogen) atoms. The summed E-state index contributed by atoms with van der Waals surface area (Å²) in [5.74, 6) is -0.195. The van der Waals surface area contributed by atoms with Gasteiger partial charge < -0.3 is 16.0 Å². The molecule has 15 rings (SSSR count). The van der Waals surface area contributed by atoms with E-state index in [1.54, 1.807) is 52.2 Å². The molecule has 4 aliphatic rings. The number of aromatic nitrogens is 6. The van der Waals surface area contributed by atoms with E-state index >= 15 is 0 Å². The molecule has 6 heterocycles. The minimum absolute atomic E-state index is 0.00284. The highest BCUT2D eigenvalue weighted by Gasteiger charge is 2.39. The lowest BCUT2D eigenvalue weighted by atomic mass is 9.83. The van der Waals surface area contributed by atoms with Gasteiger partial charge in [-0.3, -0.25) is 14.4 Å². The van der Waals surface area contributed by atoms with E-state index in [4.69, 9.17) is 84.9 Å². The van der Waals surface area contributed by atoms with Crippen LogP contribution >= 0.6 is 151 Å². The molecule has 6 atom stereocenters. The third-order valence-electron chi connectivity index (χ3n) is 19.6. The second-order valence-corrected chi connectivity index (χ2v) is 36.2. The summed E-state index contributed by atoms with van der Waals surface area (Å²) < 4.78 is 8.80. The van der Waals surface area contributed by atoms with Crippen LogP contribution in [0.25, 0.3) is 48.8 Å². The molecule has 528 valence electrons. The first kappa shape index (κ1) is 74.7. The number of hydrogen-bond acceptors (Lipinski definition) is 9. The van der Waals surface area contributed by atoms with Gasteiger partial charge >= 0.3 is 0 Å². The molecule has 11 aromatic rings. The van der Waals surface area contributed by atoms with Crippen molar-refractivity contribution in [2.75, 3.05) is 0 Å². The van der Waals surface area contributed by atoms with E-state index in [9.17, 15) is 14.4 Å². The second kappa shape index (κ2) is 33.5. The average molecular weight is 1730 g/mol. The van der Waals surface area contributed by atoms with Crippen LogP contribution in [0.15, 0.2) is 163 Å². The molecule has 1 fully saturated rings. The predicted molar refractivity (Wildman–Crippen MR) is 431 cm³/mol. The Morgan fingerprint density at radius 3 is 1.04 bits per heavy atom. The van der Waals surface area contributed by atoms with E-state index in [1.165, 1.54) is 32.1 Å². The molecule has 5 aromatic carbocycles. The highest BCUT2D eigenvalue weighted by Crippen LogP contribution is 2.47. The summed E-state index contributed by atoms with van der Waals surface area (Å²) in [7, 11) is 0. The molecule has 0 aliphatic heterocycles. The van der Waals surface area contributed by atoms with Crippen LogP contribution in [0.3, 0.4) is 0 Å². The Morgan fingerprint density at radius 1 is 0.412 bits per heavy atom. The van der Waals surface area contributed by atoms with Gasteiger partial charge in [-0.2, -0.15) is 15.3 Å². The SMILES string of the molecule is C[C@@H](NC(=O)[C@@H]1CCCc2c1nn(-c1ccc(Cl)cc1Cl)c2-c1ccc(Br)s1)c1ccccc1.C[C@@H](NC(=O)[C@H]1CCCc2c1nn(-c1ccc(Cl)cc1Cl)c2-c1ccc(Br)s1)C1CCCCC1.C[C@@H](NC(=O)[C@H]1CCCc2c1nn(-c1ccc(Cl)cc1Cl)c2-c1ccc(Br)s1)c1ccccc1. The van der Waals surface area contributed by atoms with E-state index in [1.807, 2.05) is 143 Å². The van der Waals surface area contributed by atoms with Crippen LogP contribution in [0.4, 0.5) is 0 Å². The number of thiophene rings is 3. The highest BCUT2D eigenvalue weighted by molar-refractivity contribution is 9.11. The van der Waals surface area contributed by atoms with Crippen LogP contribution < -0.4 is 16.0 Å². The largest absolute Gasteiger partial charge is 0.353 e. The Labute approximate surface area is 661 Å². The summed E-state index contributed by atoms with van der Waals surface area (Å²) in [6.45, 7) is 6.19. The zero-order valence-electron chi connectivity index (χ0n) is 55.9. The number of fused-ring (bicyclic) bond motifs is 3. The smallest absolute Gasteiger partial charge is 0.229 e. The molecule has 0 radical (unpaired) electrons. The van der Waals surface area contributed by atoms with E-state index in [0.29, 0.717) is 36.1 Å². The van der Waals surface area contributed by atoms with Crippen molar-refractivity contribution in [3.8, 4) is 48.8 Å². The molecule has 3 amide bonds. The van der Waals surface area contributed by atoms with E-state index in [-0.39, 0.29) is 53.6 Å². The zero-order valence-corrected chi connectivity index (χ0v) is 67.7. The molecule has 0 unspecified atom stereocenters. The number of halogens is 9. The quantitative estimate of drug-likeness (QED) is 0.0934. The van der Waals surface area contributed by atoms with Crippen molar-refractivity contribution in [1.29, 1.82) is 0 Å². The van der Waals surface area contributed by atoms with Gasteiger partial charge in [0.05, 0.1) is 122 Å². The number of benzene rings is 5. The number of amides is 3. The lowest BCUT2D eigenvalue weighted by Gasteiger charge is -2.30. The zero-order chi connectivity index (χ0) is 71.5. The number of nitrogens with one attached hydrogen (secondary N) is 3. The van der Waals surface area contributed by atoms with E-state index < -0.39 is 0 Å². The molecule has 0 saturated heterocycles. The fraction of sp³-hybridized carbons (Fsp3) is 0.308. The normalized spacial score (nSPS) is 17.3. The second-order valence-electron chi connectivity index (χ2n) is 26.3. The standard InChI is InChI=1S/C26H28BrCl2N3OS.2C26H22BrCl2N3OS/c3*1-15(16-6-3-2-4-7-16)30-26(33)19-9-5-8-18-24(19)31-32(21-11-10-17(28)14-20(21)29)25(18)22-12-13-23(27)34-22/h10-16,19H,2-9H2,1H3,(H,30,33);2*2-4,6-7,10-15,19H,5,8-9H2,1H3,(H,30,33)/t2*15-,19+;15-,19-/m111/s1. The lowest BCUT2D eigenvalue weighted by Crippen LogP contribution is -2.42. The lowest BCUT2D eigenvalue weighted by molar-refractivity contribution is -0.124. The van der Waals surface area contributed by atoms with Gasteiger partial charge in [0.1, 0.15) is 0 Å². The molecule has 24 heteroatoms. The van der Waals surface area contributed by atoms with Crippen LogP contribution in [0.5, 0.6) is 0 Å². The minimum Gasteiger partial charge on any atom is -0.353 e. The summed E-state index contributed by atoms with van der Waals surface area (Å²) >= 11 is 54.0. The molecule has 0 spiro atoms. The summed E-state index contributed by atoms with van der Waals surface area (Å²) in [5, 5.41) is 28.1. The maximum atomic E-state index is 13.5. The summed E-state index contributed by atoms with van der Waals surface area (Å²) in [6, 6.07) is 48.7. The summed E-state index contributed by atoms with van der Waals surface area (Å²) in [4.78, 5) is 43.7. The average Bonchev–Trinajstić information content (AvgIpc) is 1.61. The van der Waals surface area contributed by atoms with Crippen LogP contribution in [-0.4, -0.2) is 53.1 Å². The number of rotatable bonds is 15. The molecule has 4 aliphatic carbocycles. The monoisotopic (exact) mass is 1730 g/mol. The van der Waals surface area contributed by atoms with Crippen molar-refractivity contribution >= 4 is 169 Å². The van der Waals surface area contributed by atoms with Crippen molar-refractivity contribution in [2.45, 2.75) is 147 Å². The number of hydrogen-bond donors (Lipinski definition) is 3. The Balaban J connectivity index is 0.000000137. The molecular weight excluding hydrogens is 1660 g/mol. The van der Waals surface area contributed by atoms with Gasteiger partial charge in [-0.15, -0.1) is 34.0 Å². The number of carbonyl (C=O) groups is 3. The van der Waals surface area contributed by atoms with Gasteiger partial charge in [0.2, 0.25) is 17.7 Å². The molecule has 12 nitrogen and oxygen atoms in total. The third kappa shape index (κ3) is 16.7. The van der Waals surface area contributed by atoms with Gasteiger partial charge in [0.15, 0.2) is 0 Å². The number of nitrogens with zero attached hydrogens (tertiary/aromatic N) is 6. The number of carbonyl (C=O) groups excluding carboxylic acids is 3. The highest BCUT2D eigenvalue weighted by atomic mass is 79.9. The Morgan fingerprint density at radius 2 is 0.735 bits per heavy atom. The van der Waals surface area contributed by atoms with Crippen LogP contribution in [0.2, 0.25) is 30.1 Å². The first-order valence-corrected chi connectivity index (χ1v) is 41.4. The minimum atomic E-state index is -0.315. The van der Waals surface area contributed by atoms with Crippen molar-refractivity contribution < 1.29 is 14.4 Å². The molecule has 3 N–H and O–H groups in total. The maximum absolute atomic E-state index is 13.5. The topological polar surface area (TPSA) is 141 Å². The Hall–Kier alpha value is -5.58. The van der Waals surface area contributed by atoms with Gasteiger partial charge in [-0.25, -0.2) is 14.0 Å². The van der Waals surface area contributed by atoms with Gasteiger partial charge in [-0.1, -0.05) is 150 Å². The van der Waals surface area contributed by atoms with E-state index in [0.717, 1.165) is 163 Å². The molecule has 0 bridgehead atoms. The fourth-order valence-corrected chi connectivity index (χ4v) is 20.3. The summed E-state index contributed by atoms with van der Waals surface area (Å²) in [6.07, 6.45) is 14.0. The third-order valence-corrected chi connectivity index (χ3v) is 26.1. The van der Waals surface area contributed by atoms with E-state index in [2.05, 4.69) is 88.9 Å². The van der Waals surface area contributed by atoms with Crippen molar-refractivity contribution in [3.63, 3.8) is 0 Å². The first-order valence-electron chi connectivity index (χ1n) is 34.3. The summed E-state index contributed by atoms with van der Waals surface area (Å²) in [5.41, 5.74) is 13.3. The molecule has 1 saturated carbocycles.